The fraction of sp³-hybridized carbons (Fsp3) is 0.190. The first-order chi connectivity index (χ1) is 12.8. The van der Waals surface area contributed by atoms with Crippen molar-refractivity contribution in [3.8, 4) is 12.1 Å². The van der Waals surface area contributed by atoms with Crippen LogP contribution in [0, 0.1) is 29.6 Å². The molecular formula is C21H18BrN5. The number of fused-ring (bicyclic) bond motifs is 1. The molecule has 134 valence electrons. The quantitative estimate of drug-likeness (QED) is 0.772. The second-order valence-corrected chi connectivity index (χ2v) is 7.46. The molecule has 6 heteroatoms. The van der Waals surface area contributed by atoms with E-state index in [1.54, 1.807) is 0 Å². The molecule has 0 spiro atoms. The molecule has 1 heterocycles. The molecule has 0 unspecified atom stereocenters. The van der Waals surface area contributed by atoms with Gasteiger partial charge in [-0.3, -0.25) is 0 Å². The van der Waals surface area contributed by atoms with Gasteiger partial charge in [0, 0.05) is 24.1 Å². The number of nitrogen functional groups attached to an aromatic ring is 1. The molecule has 1 aromatic carbocycles. The number of nitriles is 2. The van der Waals surface area contributed by atoms with Crippen molar-refractivity contribution < 1.29 is 0 Å². The van der Waals surface area contributed by atoms with Gasteiger partial charge in [0.1, 0.15) is 18.0 Å². The third-order valence-electron chi connectivity index (χ3n) is 4.75. The lowest BCUT2D eigenvalue weighted by Gasteiger charge is -2.15. The van der Waals surface area contributed by atoms with Gasteiger partial charge in [-0.1, -0.05) is 6.07 Å². The maximum atomic E-state index is 9.62. The monoisotopic (exact) mass is 419 g/mol. The van der Waals surface area contributed by atoms with Gasteiger partial charge in [-0.15, -0.1) is 0 Å². The largest absolute Gasteiger partial charge is 0.383 e. The van der Waals surface area contributed by atoms with Crippen molar-refractivity contribution in [1.29, 1.82) is 10.5 Å². The van der Waals surface area contributed by atoms with Crippen molar-refractivity contribution in [2.45, 2.75) is 13.8 Å². The molecular weight excluding hydrogens is 402 g/mol. The highest BCUT2D eigenvalue weighted by molar-refractivity contribution is 9.10. The summed E-state index contributed by atoms with van der Waals surface area (Å²) in [6.45, 7) is 3.75. The predicted molar refractivity (Wildman–Crippen MR) is 113 cm³/mol. The molecule has 0 amide bonds. The van der Waals surface area contributed by atoms with Crippen molar-refractivity contribution in [3.05, 3.63) is 56.2 Å². The van der Waals surface area contributed by atoms with Crippen molar-refractivity contribution in [1.82, 2.24) is 4.98 Å². The van der Waals surface area contributed by atoms with Crippen molar-refractivity contribution in [2.24, 2.45) is 0 Å². The number of hydrogen-bond acceptors (Lipinski definition) is 5. The topological polar surface area (TPSA) is 89.7 Å². The Morgan fingerprint density at radius 3 is 2.44 bits per heavy atom. The summed E-state index contributed by atoms with van der Waals surface area (Å²) in [6, 6.07) is 10.4. The summed E-state index contributed by atoms with van der Waals surface area (Å²) in [4.78, 5) is 6.38. The van der Waals surface area contributed by atoms with E-state index < -0.39 is 0 Å². The van der Waals surface area contributed by atoms with Crippen LogP contribution in [0.15, 0.2) is 28.2 Å². The van der Waals surface area contributed by atoms with Crippen LogP contribution in [-0.2, 0) is 0 Å². The van der Waals surface area contributed by atoms with Gasteiger partial charge in [0.05, 0.1) is 22.5 Å². The van der Waals surface area contributed by atoms with Crippen LogP contribution in [0.3, 0.4) is 0 Å². The molecule has 2 aromatic rings. The van der Waals surface area contributed by atoms with E-state index in [-0.39, 0.29) is 5.82 Å². The number of nitrogens with two attached hydrogens (primary N) is 1. The first-order valence-corrected chi connectivity index (χ1v) is 9.10. The van der Waals surface area contributed by atoms with Crippen LogP contribution >= 0.6 is 15.9 Å². The Labute approximate surface area is 167 Å². The fourth-order valence-corrected chi connectivity index (χ4v) is 4.09. The molecule has 0 bridgehead atoms. The van der Waals surface area contributed by atoms with Crippen LogP contribution in [-0.4, -0.2) is 19.1 Å². The second-order valence-electron chi connectivity index (χ2n) is 6.61. The summed E-state index contributed by atoms with van der Waals surface area (Å²) in [7, 11) is 3.97. The fourth-order valence-electron chi connectivity index (χ4n) is 3.34. The maximum Gasteiger partial charge on any atom is 0.142 e. The van der Waals surface area contributed by atoms with Gasteiger partial charge in [-0.2, -0.15) is 10.5 Å². The highest BCUT2D eigenvalue weighted by atomic mass is 79.9. The number of allylic oxidation sites excluding steroid dienone is 3. The highest BCUT2D eigenvalue weighted by Crippen LogP contribution is 2.44. The lowest BCUT2D eigenvalue weighted by molar-refractivity contribution is 1.12. The first-order valence-electron chi connectivity index (χ1n) is 8.31. The molecule has 1 aliphatic carbocycles. The number of rotatable bonds is 2. The van der Waals surface area contributed by atoms with Crippen LogP contribution < -0.4 is 10.6 Å². The Morgan fingerprint density at radius 1 is 1.19 bits per heavy atom. The summed E-state index contributed by atoms with van der Waals surface area (Å²) < 4.78 is 0.979. The Morgan fingerprint density at radius 2 is 1.89 bits per heavy atom. The molecule has 5 nitrogen and oxygen atoms in total. The number of benzene rings is 1. The first kappa shape index (κ1) is 18.7. The zero-order chi connectivity index (χ0) is 19.9. The van der Waals surface area contributed by atoms with Gasteiger partial charge in [0.2, 0.25) is 0 Å². The minimum Gasteiger partial charge on any atom is -0.383 e. The predicted octanol–water partition coefficient (Wildman–Crippen LogP) is 4.52. The van der Waals surface area contributed by atoms with E-state index in [1.165, 1.54) is 0 Å². The highest BCUT2D eigenvalue weighted by Gasteiger charge is 2.29. The average molecular weight is 420 g/mol. The van der Waals surface area contributed by atoms with E-state index in [4.69, 9.17) is 5.73 Å². The van der Waals surface area contributed by atoms with Gasteiger partial charge in [0.15, 0.2) is 0 Å². The molecule has 3 rings (SSSR count). The van der Waals surface area contributed by atoms with E-state index in [1.807, 2.05) is 57.1 Å². The number of nitrogens with zero attached hydrogens (tertiary/aromatic N) is 4. The molecule has 0 saturated carbocycles. The number of halogens is 1. The standard InChI is InChI=1S/C21H18BrN5/c1-11-14(7-13-5-6-18(27(3)4)17(22)8-13)19-12(2)16(10-24)21(25)26-20(19)15(11)9-23/h5-8H,1-4H3,(H2,25,26)/b14-7-. The van der Waals surface area contributed by atoms with E-state index in [2.05, 4.69) is 33.1 Å². The third-order valence-corrected chi connectivity index (χ3v) is 5.38. The minimum absolute atomic E-state index is 0.161. The van der Waals surface area contributed by atoms with E-state index in [9.17, 15) is 10.5 Å². The third kappa shape index (κ3) is 2.99. The summed E-state index contributed by atoms with van der Waals surface area (Å²) in [5.74, 6) is 0.161. The Balaban J connectivity index is 2.26. The van der Waals surface area contributed by atoms with E-state index >= 15 is 0 Å². The Hall–Kier alpha value is -3.09. The van der Waals surface area contributed by atoms with Crippen LogP contribution in [0.5, 0.6) is 0 Å². The second kappa shape index (κ2) is 6.90. The molecule has 2 N–H and O–H groups in total. The summed E-state index contributed by atoms with van der Waals surface area (Å²) >= 11 is 3.61. The number of anilines is 2. The van der Waals surface area contributed by atoms with Gasteiger partial charge in [-0.05, 0) is 70.3 Å². The number of aromatic nitrogens is 1. The summed E-state index contributed by atoms with van der Waals surface area (Å²) in [5.41, 5.74) is 12.7. The van der Waals surface area contributed by atoms with Gasteiger partial charge < -0.3 is 10.6 Å². The number of hydrogen-bond donors (Lipinski definition) is 1. The van der Waals surface area contributed by atoms with E-state index in [0.29, 0.717) is 16.8 Å². The lowest BCUT2D eigenvalue weighted by atomic mass is 9.95. The molecule has 0 fully saturated rings. The van der Waals surface area contributed by atoms with Crippen LogP contribution in [0.1, 0.15) is 34.9 Å². The zero-order valence-corrected chi connectivity index (χ0v) is 17.1. The van der Waals surface area contributed by atoms with Crippen LogP contribution in [0.2, 0.25) is 0 Å². The Kier molecular flexibility index (Phi) is 4.78. The molecule has 0 aliphatic heterocycles. The molecule has 1 aromatic heterocycles. The van der Waals surface area contributed by atoms with Crippen LogP contribution in [0.4, 0.5) is 11.5 Å². The van der Waals surface area contributed by atoms with Crippen molar-refractivity contribution >= 4 is 44.7 Å². The normalized spacial score (nSPS) is 14.1. The Bertz CT molecular complexity index is 1110. The smallest absolute Gasteiger partial charge is 0.142 e. The van der Waals surface area contributed by atoms with Gasteiger partial charge in [0.25, 0.3) is 0 Å². The van der Waals surface area contributed by atoms with Gasteiger partial charge >= 0.3 is 0 Å². The van der Waals surface area contributed by atoms with Gasteiger partial charge in [-0.25, -0.2) is 4.98 Å². The molecule has 27 heavy (non-hydrogen) atoms. The van der Waals surface area contributed by atoms with Crippen molar-refractivity contribution in [2.75, 3.05) is 24.7 Å². The lowest BCUT2D eigenvalue weighted by Crippen LogP contribution is -2.09. The minimum atomic E-state index is 0.161. The maximum absolute atomic E-state index is 9.62. The average Bonchev–Trinajstić information content (AvgIpc) is 2.86. The van der Waals surface area contributed by atoms with E-state index in [0.717, 1.165) is 38.0 Å². The summed E-state index contributed by atoms with van der Waals surface area (Å²) in [6.07, 6.45) is 2.02. The zero-order valence-electron chi connectivity index (χ0n) is 15.6. The molecule has 0 atom stereocenters. The van der Waals surface area contributed by atoms with Crippen LogP contribution in [0.25, 0.3) is 17.2 Å². The molecule has 0 saturated heterocycles. The molecule has 1 aliphatic rings. The SMILES string of the molecule is CC1=C(C#N)c2nc(N)c(C#N)c(C)c2/C1=C\c1ccc(N(C)C)c(Br)c1. The summed E-state index contributed by atoms with van der Waals surface area (Å²) in [5, 5.41) is 19.1. The number of pyridine rings is 1. The molecule has 0 radical (unpaired) electrons. The van der Waals surface area contributed by atoms with Crippen molar-refractivity contribution in [3.63, 3.8) is 0 Å².